The maximum atomic E-state index is 11.0. The molecule has 0 fully saturated rings. The van der Waals surface area contributed by atoms with Gasteiger partial charge in [-0.3, -0.25) is 9.78 Å². The fourth-order valence-corrected chi connectivity index (χ4v) is 0.626. The van der Waals surface area contributed by atoms with Crippen LogP contribution in [0.25, 0.3) is 0 Å². The van der Waals surface area contributed by atoms with Crippen molar-refractivity contribution in [1.82, 2.24) is 15.2 Å². The number of hydrazone groups is 1. The Morgan fingerprint density at radius 1 is 1.53 bits per heavy atom. The molecule has 0 saturated carbocycles. The number of aryl methyl sites for hydroxylation is 1. The number of carboxylic acids is 1. The Hall–Kier alpha value is -2.25. The van der Waals surface area contributed by atoms with E-state index in [4.69, 9.17) is 0 Å². The number of nitrogens with zero attached hydrogens (tertiary/aromatic N) is 3. The third-order valence-electron chi connectivity index (χ3n) is 1.49. The molecule has 0 aliphatic rings. The summed E-state index contributed by atoms with van der Waals surface area (Å²) in [7, 11) is 0. The number of anilines is 1. The van der Waals surface area contributed by atoms with Crippen LogP contribution < -0.4 is 16.1 Å². The minimum Gasteiger partial charge on any atom is -0.543 e. The van der Waals surface area contributed by atoms with Gasteiger partial charge in [0.25, 0.3) is 5.56 Å². The summed E-state index contributed by atoms with van der Waals surface area (Å²) in [5.41, 5.74) is 1.75. The number of aromatic nitrogens is 3. The zero-order chi connectivity index (χ0) is 11.4. The van der Waals surface area contributed by atoms with Gasteiger partial charge in [-0.2, -0.15) is 5.10 Å². The molecule has 0 spiro atoms. The van der Waals surface area contributed by atoms with Crippen molar-refractivity contribution in [3.8, 4) is 0 Å². The highest BCUT2D eigenvalue weighted by Crippen LogP contribution is 1.90. The second-order valence-corrected chi connectivity index (χ2v) is 2.68. The molecule has 8 nitrogen and oxygen atoms in total. The monoisotopic (exact) mass is 210 g/mol. The van der Waals surface area contributed by atoms with Gasteiger partial charge in [-0.25, -0.2) is 5.43 Å². The zero-order valence-corrected chi connectivity index (χ0v) is 8.07. The number of aliphatic carboxylic acids is 1. The number of hydrogen-bond donors (Lipinski definition) is 2. The first-order valence-corrected chi connectivity index (χ1v) is 3.96. The van der Waals surface area contributed by atoms with Crippen molar-refractivity contribution in [2.75, 3.05) is 5.43 Å². The van der Waals surface area contributed by atoms with Gasteiger partial charge < -0.3 is 9.90 Å². The van der Waals surface area contributed by atoms with Crippen LogP contribution >= 0.6 is 0 Å². The summed E-state index contributed by atoms with van der Waals surface area (Å²) in [6, 6.07) is 0. The zero-order valence-electron chi connectivity index (χ0n) is 8.07. The van der Waals surface area contributed by atoms with Crippen LogP contribution in [0.15, 0.2) is 9.90 Å². The SMILES string of the molecule is C/C(=N\Nc1nnc(C)c(=O)[nH]1)C(=O)[O-]. The van der Waals surface area contributed by atoms with E-state index in [1.165, 1.54) is 13.8 Å². The fraction of sp³-hybridized carbons (Fsp3) is 0.286. The molecule has 15 heavy (non-hydrogen) atoms. The number of aromatic amines is 1. The molecule has 80 valence electrons. The van der Waals surface area contributed by atoms with Crippen LogP contribution in [-0.2, 0) is 4.79 Å². The number of carbonyl (C=O) groups excluding carboxylic acids is 1. The molecule has 0 atom stereocenters. The Balaban J connectivity index is 2.83. The van der Waals surface area contributed by atoms with Crippen molar-refractivity contribution in [1.29, 1.82) is 0 Å². The maximum absolute atomic E-state index is 11.0. The lowest BCUT2D eigenvalue weighted by molar-refractivity contribution is -0.294. The lowest BCUT2D eigenvalue weighted by Gasteiger charge is -2.01. The van der Waals surface area contributed by atoms with Crippen molar-refractivity contribution >= 4 is 17.6 Å². The molecule has 1 heterocycles. The van der Waals surface area contributed by atoms with Crippen molar-refractivity contribution in [3.63, 3.8) is 0 Å². The Labute approximate surface area is 84.1 Å². The predicted octanol–water partition coefficient (Wildman–Crippen LogP) is -1.99. The summed E-state index contributed by atoms with van der Waals surface area (Å²) in [5, 5.41) is 20.7. The molecule has 0 saturated heterocycles. The molecular formula is C7H8N5O3-. The maximum Gasteiger partial charge on any atom is 0.274 e. The molecule has 0 aliphatic carbocycles. The smallest absolute Gasteiger partial charge is 0.274 e. The number of rotatable bonds is 3. The van der Waals surface area contributed by atoms with E-state index in [0.717, 1.165) is 0 Å². The van der Waals surface area contributed by atoms with Crippen molar-refractivity contribution in [2.45, 2.75) is 13.8 Å². The predicted molar refractivity (Wildman–Crippen MR) is 49.1 cm³/mol. The van der Waals surface area contributed by atoms with Gasteiger partial charge in [-0.05, 0) is 13.8 Å². The molecule has 1 rings (SSSR count). The third kappa shape index (κ3) is 2.86. The molecule has 8 heteroatoms. The van der Waals surface area contributed by atoms with Gasteiger partial charge in [0.05, 0.1) is 11.7 Å². The van der Waals surface area contributed by atoms with Crippen LogP contribution in [0.3, 0.4) is 0 Å². The van der Waals surface area contributed by atoms with Crippen LogP contribution in [0.5, 0.6) is 0 Å². The minimum absolute atomic E-state index is 0.0359. The van der Waals surface area contributed by atoms with E-state index < -0.39 is 11.5 Å². The van der Waals surface area contributed by atoms with Gasteiger partial charge in [0.1, 0.15) is 5.69 Å². The number of hydrogen-bond acceptors (Lipinski definition) is 7. The summed E-state index contributed by atoms with van der Waals surface area (Å²) in [4.78, 5) is 23.6. The quantitative estimate of drug-likeness (QED) is 0.439. The molecule has 2 N–H and O–H groups in total. The van der Waals surface area contributed by atoms with Crippen molar-refractivity contribution in [2.24, 2.45) is 5.10 Å². The van der Waals surface area contributed by atoms with E-state index in [-0.39, 0.29) is 17.4 Å². The van der Waals surface area contributed by atoms with Gasteiger partial charge in [-0.15, -0.1) is 10.2 Å². The molecular weight excluding hydrogens is 202 g/mol. The number of carboxylic acid groups (broad SMARTS) is 1. The van der Waals surface area contributed by atoms with E-state index in [1.54, 1.807) is 0 Å². The number of carbonyl (C=O) groups is 1. The standard InChI is InChI=1S/C7H9N5O3/c1-3-5(13)8-7(11-9-3)12-10-4(2)6(14)15/h1-2H3,(H,14,15)(H2,8,11,12,13)/p-1/b10-4+. The highest BCUT2D eigenvalue weighted by atomic mass is 16.4. The second-order valence-electron chi connectivity index (χ2n) is 2.68. The normalized spacial score (nSPS) is 11.2. The Morgan fingerprint density at radius 3 is 2.73 bits per heavy atom. The molecule has 0 bridgehead atoms. The molecule has 1 aromatic rings. The van der Waals surface area contributed by atoms with E-state index >= 15 is 0 Å². The molecule has 0 radical (unpaired) electrons. The molecule has 0 amide bonds. The highest BCUT2D eigenvalue weighted by Gasteiger charge is 1.98. The molecule has 0 aliphatic heterocycles. The topological polar surface area (TPSA) is 123 Å². The van der Waals surface area contributed by atoms with Crippen LogP contribution in [0, 0.1) is 6.92 Å². The number of H-pyrrole nitrogens is 1. The van der Waals surface area contributed by atoms with Gasteiger partial charge in [0.15, 0.2) is 0 Å². The first kappa shape index (κ1) is 10.8. The average Bonchev–Trinajstić information content (AvgIpc) is 2.19. The molecule has 0 unspecified atom stereocenters. The highest BCUT2D eigenvalue weighted by molar-refractivity contribution is 6.33. The van der Waals surface area contributed by atoms with E-state index in [2.05, 4.69) is 25.7 Å². The van der Waals surface area contributed by atoms with Crippen LogP contribution in [0.4, 0.5) is 5.95 Å². The Morgan fingerprint density at radius 2 is 2.20 bits per heavy atom. The van der Waals surface area contributed by atoms with E-state index in [1.807, 2.05) is 0 Å². The summed E-state index contributed by atoms with van der Waals surface area (Å²) < 4.78 is 0. The summed E-state index contributed by atoms with van der Waals surface area (Å²) in [6.45, 7) is 2.73. The van der Waals surface area contributed by atoms with E-state index in [0.29, 0.717) is 0 Å². The van der Waals surface area contributed by atoms with Gasteiger partial charge in [0, 0.05) is 0 Å². The lowest BCUT2D eigenvalue weighted by atomic mass is 10.4. The summed E-state index contributed by atoms with van der Waals surface area (Å²) in [5.74, 6) is -1.45. The fourth-order valence-electron chi connectivity index (χ4n) is 0.626. The number of nitrogens with one attached hydrogen (secondary N) is 2. The minimum atomic E-state index is -1.41. The molecule has 1 aromatic heterocycles. The van der Waals surface area contributed by atoms with Gasteiger partial charge >= 0.3 is 0 Å². The van der Waals surface area contributed by atoms with Crippen molar-refractivity contribution < 1.29 is 9.90 Å². The summed E-state index contributed by atoms with van der Waals surface area (Å²) >= 11 is 0. The Bertz CT molecular complexity index is 464. The van der Waals surface area contributed by atoms with Gasteiger partial charge in [-0.1, -0.05) is 0 Å². The van der Waals surface area contributed by atoms with Crippen LogP contribution in [0.2, 0.25) is 0 Å². The van der Waals surface area contributed by atoms with Crippen LogP contribution in [0.1, 0.15) is 12.6 Å². The lowest BCUT2D eigenvalue weighted by Crippen LogP contribution is -2.30. The average molecular weight is 210 g/mol. The molecule has 0 aromatic carbocycles. The largest absolute Gasteiger partial charge is 0.543 e. The van der Waals surface area contributed by atoms with E-state index in [9.17, 15) is 14.7 Å². The first-order chi connectivity index (χ1) is 7.00. The Kier molecular flexibility index (Phi) is 3.11. The van der Waals surface area contributed by atoms with Crippen LogP contribution in [-0.4, -0.2) is 26.9 Å². The first-order valence-electron chi connectivity index (χ1n) is 3.96. The third-order valence-corrected chi connectivity index (χ3v) is 1.49. The second kappa shape index (κ2) is 4.31. The van der Waals surface area contributed by atoms with Gasteiger partial charge in [0.2, 0.25) is 5.95 Å². The van der Waals surface area contributed by atoms with Crippen molar-refractivity contribution in [3.05, 3.63) is 16.0 Å². The summed E-state index contributed by atoms with van der Waals surface area (Å²) in [6.07, 6.45) is 0.